The number of aryl methyl sites for hydroxylation is 1. The minimum Gasteiger partial charge on any atom is -0.317 e. The highest BCUT2D eigenvalue weighted by molar-refractivity contribution is 5.97. The van der Waals surface area contributed by atoms with Crippen LogP contribution in [0.15, 0.2) is 24.3 Å². The van der Waals surface area contributed by atoms with E-state index in [0.717, 1.165) is 62.8 Å². The SMILES string of the molecule is Cc1nnc(CN2CCC(C(=O)N3CCc4ccccc43)CC2)n1C. The average Bonchev–Trinajstić information content (AvgIpc) is 3.20. The highest BCUT2D eigenvalue weighted by Gasteiger charge is 2.32. The van der Waals surface area contributed by atoms with E-state index in [-0.39, 0.29) is 5.92 Å². The Bertz CT molecular complexity index is 776. The van der Waals surface area contributed by atoms with Crippen LogP contribution in [0.3, 0.4) is 0 Å². The van der Waals surface area contributed by atoms with E-state index >= 15 is 0 Å². The van der Waals surface area contributed by atoms with Gasteiger partial charge in [0.1, 0.15) is 11.6 Å². The number of anilines is 1. The maximum absolute atomic E-state index is 13.0. The van der Waals surface area contributed by atoms with Gasteiger partial charge in [-0.1, -0.05) is 18.2 Å². The lowest BCUT2D eigenvalue weighted by Gasteiger charge is -2.33. The van der Waals surface area contributed by atoms with Crippen LogP contribution in [0.1, 0.15) is 30.1 Å². The molecular weight excluding hydrogens is 314 g/mol. The third-order valence-corrected chi connectivity index (χ3v) is 5.64. The van der Waals surface area contributed by atoms with Gasteiger partial charge < -0.3 is 9.47 Å². The molecule has 1 amide bonds. The average molecular weight is 339 g/mol. The van der Waals surface area contributed by atoms with Gasteiger partial charge in [0.25, 0.3) is 0 Å². The second-order valence-corrected chi connectivity index (χ2v) is 7.14. The Morgan fingerprint density at radius 2 is 1.92 bits per heavy atom. The summed E-state index contributed by atoms with van der Waals surface area (Å²) in [7, 11) is 2.01. The van der Waals surface area contributed by atoms with Crippen LogP contribution in [0.25, 0.3) is 0 Å². The fourth-order valence-electron chi connectivity index (χ4n) is 3.91. The molecule has 0 radical (unpaired) electrons. The Morgan fingerprint density at radius 1 is 1.16 bits per heavy atom. The first-order chi connectivity index (χ1) is 12.1. The first-order valence-electron chi connectivity index (χ1n) is 9.10. The number of fused-ring (bicyclic) bond motifs is 1. The molecule has 1 aromatic carbocycles. The van der Waals surface area contributed by atoms with Gasteiger partial charge in [0.05, 0.1) is 6.54 Å². The summed E-state index contributed by atoms with van der Waals surface area (Å²) in [5.74, 6) is 2.38. The van der Waals surface area contributed by atoms with Gasteiger partial charge in [0.15, 0.2) is 0 Å². The van der Waals surface area contributed by atoms with Crippen molar-refractivity contribution in [2.45, 2.75) is 32.7 Å². The van der Waals surface area contributed by atoms with Gasteiger partial charge >= 0.3 is 0 Å². The number of aromatic nitrogens is 3. The maximum atomic E-state index is 13.0. The van der Waals surface area contributed by atoms with Gasteiger partial charge in [-0.2, -0.15) is 0 Å². The molecule has 0 unspecified atom stereocenters. The fourth-order valence-corrected chi connectivity index (χ4v) is 3.91. The molecule has 6 nitrogen and oxygen atoms in total. The number of benzene rings is 1. The van der Waals surface area contributed by atoms with Crippen molar-refractivity contribution in [3.05, 3.63) is 41.5 Å². The van der Waals surface area contributed by atoms with E-state index in [2.05, 4.69) is 33.3 Å². The summed E-state index contributed by atoms with van der Waals surface area (Å²) >= 11 is 0. The van der Waals surface area contributed by atoms with Crippen LogP contribution in [0.5, 0.6) is 0 Å². The third kappa shape index (κ3) is 3.06. The summed E-state index contributed by atoms with van der Waals surface area (Å²) in [4.78, 5) is 17.3. The topological polar surface area (TPSA) is 54.3 Å². The monoisotopic (exact) mass is 339 g/mol. The van der Waals surface area contributed by atoms with Crippen molar-refractivity contribution in [3.8, 4) is 0 Å². The molecule has 0 atom stereocenters. The molecule has 0 N–H and O–H groups in total. The van der Waals surface area contributed by atoms with Crippen LogP contribution in [0.4, 0.5) is 5.69 Å². The molecule has 1 aromatic heterocycles. The lowest BCUT2D eigenvalue weighted by molar-refractivity contribution is -0.123. The number of rotatable bonds is 3. The highest BCUT2D eigenvalue weighted by Crippen LogP contribution is 2.31. The molecule has 0 saturated carbocycles. The Morgan fingerprint density at radius 3 is 2.64 bits per heavy atom. The number of hydrogen-bond acceptors (Lipinski definition) is 4. The smallest absolute Gasteiger partial charge is 0.230 e. The minimum atomic E-state index is 0.142. The maximum Gasteiger partial charge on any atom is 0.230 e. The van der Waals surface area contributed by atoms with E-state index in [0.29, 0.717) is 5.91 Å². The molecule has 4 rings (SSSR count). The Labute approximate surface area is 148 Å². The van der Waals surface area contributed by atoms with E-state index in [1.165, 1.54) is 5.56 Å². The molecule has 132 valence electrons. The Hall–Kier alpha value is -2.21. The quantitative estimate of drug-likeness (QED) is 0.857. The molecule has 3 heterocycles. The number of piperidine rings is 1. The standard InChI is InChI=1S/C19H25N5O/c1-14-20-21-18(22(14)2)13-23-10-7-16(8-11-23)19(25)24-12-9-15-5-3-4-6-17(15)24/h3-6,16H,7-13H2,1-2H3. The normalized spacial score (nSPS) is 18.6. The van der Waals surface area contributed by atoms with Gasteiger partial charge in [0.2, 0.25) is 5.91 Å². The van der Waals surface area contributed by atoms with Crippen molar-refractivity contribution in [3.63, 3.8) is 0 Å². The zero-order valence-electron chi connectivity index (χ0n) is 15.0. The number of carbonyl (C=O) groups is 1. The largest absolute Gasteiger partial charge is 0.317 e. The Kier molecular flexibility index (Phi) is 4.29. The highest BCUT2D eigenvalue weighted by atomic mass is 16.2. The summed E-state index contributed by atoms with van der Waals surface area (Å²) in [5.41, 5.74) is 2.41. The van der Waals surface area contributed by atoms with Crippen molar-refractivity contribution in [1.82, 2.24) is 19.7 Å². The molecule has 0 spiro atoms. The second-order valence-electron chi connectivity index (χ2n) is 7.14. The fraction of sp³-hybridized carbons (Fsp3) is 0.526. The molecule has 1 fully saturated rings. The molecule has 1 saturated heterocycles. The summed E-state index contributed by atoms with van der Waals surface area (Å²) in [6, 6.07) is 8.29. The summed E-state index contributed by atoms with van der Waals surface area (Å²) in [5, 5.41) is 8.37. The van der Waals surface area contributed by atoms with Crippen molar-refractivity contribution in [1.29, 1.82) is 0 Å². The number of carbonyl (C=O) groups excluding carboxylic acids is 1. The van der Waals surface area contributed by atoms with Crippen LogP contribution in [0.2, 0.25) is 0 Å². The van der Waals surface area contributed by atoms with E-state index in [1.807, 2.05) is 29.5 Å². The van der Waals surface area contributed by atoms with Crippen molar-refractivity contribution in [2.75, 3.05) is 24.5 Å². The van der Waals surface area contributed by atoms with E-state index < -0.39 is 0 Å². The van der Waals surface area contributed by atoms with Crippen LogP contribution in [0, 0.1) is 12.8 Å². The van der Waals surface area contributed by atoms with Crippen LogP contribution < -0.4 is 4.90 Å². The molecule has 2 aliphatic rings. The van der Waals surface area contributed by atoms with E-state index in [1.54, 1.807) is 0 Å². The minimum absolute atomic E-state index is 0.142. The van der Waals surface area contributed by atoms with Gasteiger partial charge in [0, 0.05) is 25.2 Å². The summed E-state index contributed by atoms with van der Waals surface area (Å²) in [6.45, 7) is 5.49. The summed E-state index contributed by atoms with van der Waals surface area (Å²) in [6.07, 6.45) is 2.83. The molecule has 2 aromatic rings. The predicted molar refractivity (Wildman–Crippen MR) is 96.2 cm³/mol. The second kappa shape index (κ2) is 6.59. The van der Waals surface area contributed by atoms with Crippen LogP contribution in [-0.2, 0) is 24.8 Å². The Balaban J connectivity index is 1.36. The van der Waals surface area contributed by atoms with Gasteiger partial charge in [-0.15, -0.1) is 10.2 Å². The molecule has 6 heteroatoms. The number of nitrogens with zero attached hydrogens (tertiary/aromatic N) is 5. The van der Waals surface area contributed by atoms with Gasteiger partial charge in [-0.3, -0.25) is 9.69 Å². The zero-order valence-corrected chi connectivity index (χ0v) is 15.0. The first kappa shape index (κ1) is 16.3. The third-order valence-electron chi connectivity index (χ3n) is 5.64. The van der Waals surface area contributed by atoms with Crippen LogP contribution >= 0.6 is 0 Å². The lowest BCUT2D eigenvalue weighted by Crippen LogP contribution is -2.42. The van der Waals surface area contributed by atoms with Crippen LogP contribution in [-0.4, -0.2) is 45.2 Å². The zero-order chi connectivity index (χ0) is 17.4. The summed E-state index contributed by atoms with van der Waals surface area (Å²) < 4.78 is 2.04. The number of amides is 1. The van der Waals surface area contributed by atoms with E-state index in [9.17, 15) is 4.79 Å². The first-order valence-corrected chi connectivity index (χ1v) is 9.10. The molecule has 2 aliphatic heterocycles. The van der Waals surface area contributed by atoms with Crippen molar-refractivity contribution in [2.24, 2.45) is 13.0 Å². The lowest BCUT2D eigenvalue weighted by atomic mass is 9.95. The van der Waals surface area contributed by atoms with Crippen molar-refractivity contribution < 1.29 is 4.79 Å². The molecule has 25 heavy (non-hydrogen) atoms. The van der Waals surface area contributed by atoms with Gasteiger partial charge in [-0.05, 0) is 50.9 Å². The number of likely N-dealkylation sites (tertiary alicyclic amines) is 1. The predicted octanol–water partition coefficient (Wildman–Crippen LogP) is 1.92. The molecule has 0 aliphatic carbocycles. The molecule has 0 bridgehead atoms. The number of hydrogen-bond donors (Lipinski definition) is 0. The van der Waals surface area contributed by atoms with Gasteiger partial charge in [-0.25, -0.2) is 0 Å². The van der Waals surface area contributed by atoms with Crippen molar-refractivity contribution >= 4 is 11.6 Å². The molecular formula is C19H25N5O. The van der Waals surface area contributed by atoms with E-state index in [4.69, 9.17) is 0 Å². The number of para-hydroxylation sites is 1.